The Hall–Kier alpha value is -1.18. The molecule has 0 fully saturated rings. The molecule has 0 saturated heterocycles. The molecule has 0 bridgehead atoms. The van der Waals surface area contributed by atoms with Crippen LogP contribution >= 0.6 is 0 Å². The molecule has 1 aliphatic rings. The Bertz CT molecular complexity index is 318. The average Bonchev–Trinajstić information content (AvgIpc) is 2.48. The maximum absolute atomic E-state index is 5.87. The minimum atomic E-state index is 0.624. The molecule has 3 N–H and O–H groups in total. The lowest BCUT2D eigenvalue weighted by Gasteiger charge is -2.13. The van der Waals surface area contributed by atoms with Crippen LogP contribution in [0.15, 0.2) is 18.2 Å². The van der Waals surface area contributed by atoms with Crippen molar-refractivity contribution in [3.05, 3.63) is 23.8 Å². The van der Waals surface area contributed by atoms with Gasteiger partial charge < -0.3 is 11.1 Å². The molecule has 2 heteroatoms. The summed E-state index contributed by atoms with van der Waals surface area (Å²) >= 11 is 0. The molecule has 0 aliphatic carbocycles. The molecule has 1 aliphatic heterocycles. The van der Waals surface area contributed by atoms with Crippen molar-refractivity contribution in [3.8, 4) is 0 Å². The highest BCUT2D eigenvalue weighted by Gasteiger charge is 2.25. The van der Waals surface area contributed by atoms with Crippen LogP contribution in [-0.4, -0.2) is 6.54 Å². The lowest BCUT2D eigenvalue weighted by atomic mass is 9.90. The summed E-state index contributed by atoms with van der Waals surface area (Å²) in [5.74, 6) is 1.30. The molecule has 0 unspecified atom stereocenters. The van der Waals surface area contributed by atoms with Gasteiger partial charge in [-0.1, -0.05) is 26.0 Å². The van der Waals surface area contributed by atoms with Crippen LogP contribution in [0.2, 0.25) is 0 Å². The van der Waals surface area contributed by atoms with Gasteiger partial charge in [0.1, 0.15) is 0 Å². The molecule has 0 spiro atoms. The highest BCUT2D eigenvalue weighted by atomic mass is 14.9. The molecular formula is C11H16N2. The lowest BCUT2D eigenvalue weighted by molar-refractivity contribution is 0.533. The van der Waals surface area contributed by atoms with E-state index in [0.29, 0.717) is 11.8 Å². The largest absolute Gasteiger partial charge is 0.397 e. The monoisotopic (exact) mass is 176 g/mol. The number of hydrogen-bond donors (Lipinski definition) is 2. The van der Waals surface area contributed by atoms with Gasteiger partial charge in [0.25, 0.3) is 0 Å². The lowest BCUT2D eigenvalue weighted by Crippen LogP contribution is -2.08. The van der Waals surface area contributed by atoms with E-state index in [1.165, 1.54) is 5.56 Å². The predicted molar refractivity (Wildman–Crippen MR) is 56.9 cm³/mol. The van der Waals surface area contributed by atoms with Crippen molar-refractivity contribution in [3.63, 3.8) is 0 Å². The van der Waals surface area contributed by atoms with Gasteiger partial charge in [-0.2, -0.15) is 0 Å². The van der Waals surface area contributed by atoms with E-state index < -0.39 is 0 Å². The van der Waals surface area contributed by atoms with Crippen molar-refractivity contribution < 1.29 is 0 Å². The Labute approximate surface area is 79.1 Å². The molecule has 0 aromatic heterocycles. The summed E-state index contributed by atoms with van der Waals surface area (Å²) in [7, 11) is 0. The van der Waals surface area contributed by atoms with Crippen molar-refractivity contribution in [1.82, 2.24) is 0 Å². The van der Waals surface area contributed by atoms with E-state index in [4.69, 9.17) is 5.73 Å². The number of anilines is 2. The van der Waals surface area contributed by atoms with Gasteiger partial charge in [0, 0.05) is 12.5 Å². The fourth-order valence-corrected chi connectivity index (χ4v) is 2.02. The Morgan fingerprint density at radius 1 is 1.46 bits per heavy atom. The minimum Gasteiger partial charge on any atom is -0.397 e. The third-order valence-electron chi connectivity index (χ3n) is 2.83. The van der Waals surface area contributed by atoms with Crippen molar-refractivity contribution in [2.75, 3.05) is 17.6 Å². The smallest absolute Gasteiger partial charge is 0.0610 e. The first-order chi connectivity index (χ1) is 6.20. The van der Waals surface area contributed by atoms with Gasteiger partial charge in [-0.25, -0.2) is 0 Å². The van der Waals surface area contributed by atoms with E-state index in [9.17, 15) is 0 Å². The summed E-state index contributed by atoms with van der Waals surface area (Å²) in [6.07, 6.45) is 0. The van der Waals surface area contributed by atoms with E-state index in [0.717, 1.165) is 17.9 Å². The zero-order valence-electron chi connectivity index (χ0n) is 8.17. The zero-order chi connectivity index (χ0) is 9.42. The molecule has 1 aromatic rings. The van der Waals surface area contributed by atoms with Gasteiger partial charge in [-0.15, -0.1) is 0 Å². The molecule has 0 amide bonds. The third kappa shape index (κ3) is 1.26. The minimum absolute atomic E-state index is 0.624. The summed E-state index contributed by atoms with van der Waals surface area (Å²) in [5.41, 5.74) is 9.29. The molecule has 1 atom stereocenters. The molecule has 1 aromatic carbocycles. The molecular weight excluding hydrogens is 160 g/mol. The number of para-hydroxylation sites is 1. The Kier molecular flexibility index (Phi) is 1.91. The normalized spacial score (nSPS) is 20.1. The van der Waals surface area contributed by atoms with Gasteiger partial charge in [0.2, 0.25) is 0 Å². The average molecular weight is 176 g/mol. The number of hydrogen-bond acceptors (Lipinski definition) is 2. The van der Waals surface area contributed by atoms with Crippen molar-refractivity contribution >= 4 is 11.4 Å². The van der Waals surface area contributed by atoms with E-state index in [1.807, 2.05) is 12.1 Å². The van der Waals surface area contributed by atoms with Crippen LogP contribution in [0.1, 0.15) is 25.3 Å². The molecule has 2 rings (SSSR count). The van der Waals surface area contributed by atoms with Gasteiger partial charge in [0.15, 0.2) is 0 Å². The van der Waals surface area contributed by atoms with Crippen LogP contribution in [0.4, 0.5) is 11.4 Å². The van der Waals surface area contributed by atoms with Crippen LogP contribution in [0, 0.1) is 5.92 Å². The maximum Gasteiger partial charge on any atom is 0.0610 e. The Morgan fingerprint density at radius 2 is 2.23 bits per heavy atom. The molecule has 1 heterocycles. The van der Waals surface area contributed by atoms with Crippen LogP contribution in [0.3, 0.4) is 0 Å². The van der Waals surface area contributed by atoms with Crippen LogP contribution in [0.5, 0.6) is 0 Å². The van der Waals surface area contributed by atoms with Crippen LogP contribution in [-0.2, 0) is 0 Å². The summed E-state index contributed by atoms with van der Waals surface area (Å²) in [5, 5.41) is 3.37. The van der Waals surface area contributed by atoms with E-state index in [-0.39, 0.29) is 0 Å². The topological polar surface area (TPSA) is 38.0 Å². The van der Waals surface area contributed by atoms with Gasteiger partial charge in [-0.3, -0.25) is 0 Å². The first-order valence-electron chi connectivity index (χ1n) is 4.82. The Morgan fingerprint density at radius 3 is 2.92 bits per heavy atom. The molecule has 70 valence electrons. The second kappa shape index (κ2) is 2.95. The third-order valence-corrected chi connectivity index (χ3v) is 2.83. The maximum atomic E-state index is 5.87. The van der Waals surface area contributed by atoms with Crippen molar-refractivity contribution in [2.24, 2.45) is 5.92 Å². The SMILES string of the molecule is CC(C)[C@@H]1CNc2c(N)cccc21. The van der Waals surface area contributed by atoms with E-state index >= 15 is 0 Å². The Balaban J connectivity index is 2.43. The van der Waals surface area contributed by atoms with Crippen LogP contribution < -0.4 is 11.1 Å². The number of fused-ring (bicyclic) bond motifs is 1. The summed E-state index contributed by atoms with van der Waals surface area (Å²) in [4.78, 5) is 0. The number of nitrogens with one attached hydrogen (secondary N) is 1. The number of nitrogens with two attached hydrogens (primary N) is 1. The standard InChI is InChI=1S/C11H16N2/c1-7(2)9-6-13-11-8(9)4-3-5-10(11)12/h3-5,7,9,13H,6,12H2,1-2H3/t9-/m0/s1. The second-order valence-electron chi connectivity index (χ2n) is 4.04. The zero-order valence-corrected chi connectivity index (χ0v) is 8.17. The quantitative estimate of drug-likeness (QED) is 0.645. The highest BCUT2D eigenvalue weighted by Crippen LogP contribution is 2.39. The fourth-order valence-electron chi connectivity index (χ4n) is 2.02. The van der Waals surface area contributed by atoms with E-state index in [2.05, 4.69) is 25.2 Å². The summed E-state index contributed by atoms with van der Waals surface area (Å²) in [6.45, 7) is 5.54. The summed E-state index contributed by atoms with van der Waals surface area (Å²) < 4.78 is 0. The molecule has 2 nitrogen and oxygen atoms in total. The van der Waals surface area contributed by atoms with Crippen LogP contribution in [0.25, 0.3) is 0 Å². The van der Waals surface area contributed by atoms with E-state index in [1.54, 1.807) is 0 Å². The molecule has 0 radical (unpaired) electrons. The van der Waals surface area contributed by atoms with Gasteiger partial charge in [-0.05, 0) is 17.5 Å². The summed E-state index contributed by atoms with van der Waals surface area (Å²) in [6, 6.07) is 6.17. The molecule has 0 saturated carbocycles. The van der Waals surface area contributed by atoms with Crippen molar-refractivity contribution in [2.45, 2.75) is 19.8 Å². The number of benzene rings is 1. The first-order valence-corrected chi connectivity index (χ1v) is 4.82. The predicted octanol–water partition coefficient (Wildman–Crippen LogP) is 2.43. The number of rotatable bonds is 1. The highest BCUT2D eigenvalue weighted by molar-refractivity contribution is 5.73. The second-order valence-corrected chi connectivity index (χ2v) is 4.04. The van der Waals surface area contributed by atoms with Gasteiger partial charge >= 0.3 is 0 Å². The number of nitrogen functional groups attached to an aromatic ring is 1. The van der Waals surface area contributed by atoms with Crippen molar-refractivity contribution in [1.29, 1.82) is 0 Å². The first kappa shape index (κ1) is 8.42. The molecule has 13 heavy (non-hydrogen) atoms. The van der Waals surface area contributed by atoms with Gasteiger partial charge in [0.05, 0.1) is 11.4 Å². The fraction of sp³-hybridized carbons (Fsp3) is 0.455.